The number of aromatic carboxylic acids is 1. The second kappa shape index (κ2) is 8.89. The Morgan fingerprint density at radius 2 is 1.85 bits per heavy atom. The quantitative estimate of drug-likeness (QED) is 0.471. The summed E-state index contributed by atoms with van der Waals surface area (Å²) in [6, 6.07) is 11.1. The molecule has 0 unspecified atom stereocenters. The summed E-state index contributed by atoms with van der Waals surface area (Å²) in [4.78, 5) is 23.4. The lowest BCUT2D eigenvalue weighted by Crippen LogP contribution is -2.17. The third-order valence-electron chi connectivity index (χ3n) is 5.17. The van der Waals surface area contributed by atoms with Crippen molar-refractivity contribution in [2.24, 2.45) is 0 Å². The number of nitrogens with zero attached hydrogens (tertiary/aromatic N) is 3. The molecule has 2 N–H and O–H groups in total. The monoisotopic (exact) mass is 476 g/mol. The molecule has 1 saturated carbocycles. The Morgan fingerprint density at radius 1 is 1.15 bits per heavy atom. The van der Waals surface area contributed by atoms with E-state index < -0.39 is 23.9 Å². The Kier molecular flexibility index (Phi) is 6.15. The molecule has 4 rings (SSSR count). The van der Waals surface area contributed by atoms with Crippen molar-refractivity contribution >= 4 is 29.3 Å². The zero-order valence-corrected chi connectivity index (χ0v) is 18.2. The van der Waals surface area contributed by atoms with Crippen molar-refractivity contribution in [3.05, 3.63) is 65.0 Å². The molecule has 33 heavy (non-hydrogen) atoms. The molecule has 0 radical (unpaired) electrons. The Balaban J connectivity index is 1.51. The predicted octanol–water partition coefficient (Wildman–Crippen LogP) is 4.90. The number of hydrogen-bond donors (Lipinski definition) is 2. The minimum absolute atomic E-state index is 0.0606. The first-order chi connectivity index (χ1) is 15.6. The number of carbonyl (C=O) groups is 2. The fourth-order valence-corrected chi connectivity index (χ4v) is 4.10. The van der Waals surface area contributed by atoms with E-state index in [4.69, 9.17) is 5.11 Å². The Morgan fingerprint density at radius 3 is 2.42 bits per heavy atom. The standard InChI is InChI=1S/C22H19F3N4O3S/c1-12-10-15(19(31)32)6-9-17(12)26-18(30)11-33-21-28-27-20(22(23,24)25)29(21)16-7-4-14(5-8-16)13-2-3-13/h4-10,13H,2-3,11H2,1H3,(H,26,30)(H,31,32). The normalized spacial score (nSPS) is 13.7. The molecule has 0 aliphatic heterocycles. The average molecular weight is 476 g/mol. The van der Waals surface area contributed by atoms with Crippen molar-refractivity contribution in [2.75, 3.05) is 11.1 Å². The number of carboxylic acids is 1. The number of anilines is 1. The van der Waals surface area contributed by atoms with Crippen LogP contribution in [0.2, 0.25) is 0 Å². The van der Waals surface area contributed by atoms with Crippen LogP contribution in [0.1, 0.15) is 46.1 Å². The summed E-state index contributed by atoms with van der Waals surface area (Å²) in [7, 11) is 0. The van der Waals surface area contributed by atoms with Crippen molar-refractivity contribution in [1.82, 2.24) is 14.8 Å². The van der Waals surface area contributed by atoms with Crippen LogP contribution in [0.3, 0.4) is 0 Å². The summed E-state index contributed by atoms with van der Waals surface area (Å²) in [5, 5.41) is 18.6. The van der Waals surface area contributed by atoms with E-state index in [-0.39, 0.29) is 22.2 Å². The summed E-state index contributed by atoms with van der Waals surface area (Å²) in [6.07, 6.45) is -2.56. The number of thioether (sulfide) groups is 1. The zero-order chi connectivity index (χ0) is 23.8. The van der Waals surface area contributed by atoms with Crippen molar-refractivity contribution in [2.45, 2.75) is 37.0 Å². The number of nitrogens with one attached hydrogen (secondary N) is 1. The molecule has 1 aliphatic carbocycles. The van der Waals surface area contributed by atoms with Crippen molar-refractivity contribution < 1.29 is 27.9 Å². The molecule has 2 aromatic carbocycles. The van der Waals surface area contributed by atoms with E-state index in [1.807, 2.05) is 0 Å². The van der Waals surface area contributed by atoms with Crippen LogP contribution in [0.15, 0.2) is 47.6 Å². The third-order valence-corrected chi connectivity index (χ3v) is 6.10. The lowest BCUT2D eigenvalue weighted by atomic mass is 10.1. The fourth-order valence-electron chi connectivity index (χ4n) is 3.35. The van der Waals surface area contributed by atoms with Crippen LogP contribution >= 0.6 is 11.8 Å². The highest BCUT2D eigenvalue weighted by Crippen LogP contribution is 2.40. The van der Waals surface area contributed by atoms with Gasteiger partial charge < -0.3 is 10.4 Å². The molecule has 0 atom stereocenters. The number of benzene rings is 2. The van der Waals surface area contributed by atoms with Gasteiger partial charge in [0.15, 0.2) is 5.16 Å². The molecule has 172 valence electrons. The van der Waals surface area contributed by atoms with E-state index >= 15 is 0 Å². The molecular weight excluding hydrogens is 457 g/mol. The molecule has 7 nitrogen and oxygen atoms in total. The van der Waals surface area contributed by atoms with Gasteiger partial charge in [-0.15, -0.1) is 10.2 Å². The maximum absolute atomic E-state index is 13.5. The van der Waals surface area contributed by atoms with Gasteiger partial charge >= 0.3 is 12.1 Å². The highest BCUT2D eigenvalue weighted by molar-refractivity contribution is 7.99. The summed E-state index contributed by atoms with van der Waals surface area (Å²) in [6.45, 7) is 1.65. The first-order valence-corrected chi connectivity index (χ1v) is 11.0. The lowest BCUT2D eigenvalue weighted by Gasteiger charge is -2.13. The van der Waals surface area contributed by atoms with Crippen molar-refractivity contribution in [3.8, 4) is 5.69 Å². The van der Waals surface area contributed by atoms with Crippen LogP contribution in [-0.4, -0.2) is 37.5 Å². The zero-order valence-electron chi connectivity index (χ0n) is 17.4. The largest absolute Gasteiger partial charge is 0.478 e. The van der Waals surface area contributed by atoms with Crippen molar-refractivity contribution in [3.63, 3.8) is 0 Å². The molecule has 1 heterocycles. The number of carboxylic acid groups (broad SMARTS) is 1. The van der Waals surface area contributed by atoms with Gasteiger partial charge in [-0.2, -0.15) is 13.2 Å². The van der Waals surface area contributed by atoms with Gasteiger partial charge in [-0.1, -0.05) is 23.9 Å². The van der Waals surface area contributed by atoms with Gasteiger partial charge in [-0.25, -0.2) is 4.79 Å². The Hall–Kier alpha value is -3.34. The van der Waals surface area contributed by atoms with Crippen LogP contribution in [0.25, 0.3) is 5.69 Å². The number of aromatic nitrogens is 3. The van der Waals surface area contributed by atoms with E-state index in [9.17, 15) is 22.8 Å². The molecule has 1 fully saturated rings. The minimum Gasteiger partial charge on any atom is -0.478 e. The van der Waals surface area contributed by atoms with E-state index in [0.717, 1.165) is 34.7 Å². The van der Waals surface area contributed by atoms with Gasteiger partial charge in [0.1, 0.15) is 0 Å². The highest BCUT2D eigenvalue weighted by atomic mass is 32.2. The molecule has 1 aromatic heterocycles. The summed E-state index contributed by atoms with van der Waals surface area (Å²) < 4.78 is 41.5. The van der Waals surface area contributed by atoms with Gasteiger partial charge in [-0.3, -0.25) is 9.36 Å². The van der Waals surface area contributed by atoms with E-state index in [0.29, 0.717) is 17.2 Å². The predicted molar refractivity (Wildman–Crippen MR) is 116 cm³/mol. The van der Waals surface area contributed by atoms with E-state index in [1.54, 1.807) is 31.2 Å². The molecule has 0 saturated heterocycles. The fraction of sp³-hybridized carbons (Fsp3) is 0.273. The number of aryl methyl sites for hydroxylation is 1. The molecule has 1 amide bonds. The summed E-state index contributed by atoms with van der Waals surface area (Å²) >= 11 is 0.826. The first kappa shape index (κ1) is 22.8. The van der Waals surface area contributed by atoms with Gasteiger partial charge in [0.05, 0.1) is 11.3 Å². The van der Waals surface area contributed by atoms with Crippen LogP contribution < -0.4 is 5.32 Å². The molecule has 0 bridgehead atoms. The number of carbonyl (C=O) groups excluding carboxylic acids is 1. The molecular formula is C22H19F3N4O3S. The van der Waals surface area contributed by atoms with E-state index in [2.05, 4.69) is 15.5 Å². The smallest absolute Gasteiger partial charge is 0.452 e. The van der Waals surface area contributed by atoms with Gasteiger partial charge in [0, 0.05) is 11.4 Å². The van der Waals surface area contributed by atoms with Gasteiger partial charge in [0.25, 0.3) is 0 Å². The molecule has 3 aromatic rings. The van der Waals surface area contributed by atoms with Gasteiger partial charge in [0.2, 0.25) is 11.7 Å². The first-order valence-electron chi connectivity index (χ1n) is 10.0. The number of amides is 1. The summed E-state index contributed by atoms with van der Waals surface area (Å²) in [5.74, 6) is -2.47. The van der Waals surface area contributed by atoms with Crippen LogP contribution in [0.4, 0.5) is 18.9 Å². The Labute approximate surface area is 191 Å². The number of hydrogen-bond acceptors (Lipinski definition) is 5. The SMILES string of the molecule is Cc1cc(C(=O)O)ccc1NC(=O)CSc1nnc(C(F)(F)F)n1-c1ccc(C2CC2)cc1. The van der Waals surface area contributed by atoms with E-state index in [1.165, 1.54) is 18.2 Å². The minimum atomic E-state index is -4.72. The molecule has 1 aliphatic rings. The second-order valence-electron chi connectivity index (χ2n) is 7.68. The molecule has 11 heteroatoms. The van der Waals surface area contributed by atoms with Crippen LogP contribution in [-0.2, 0) is 11.0 Å². The lowest BCUT2D eigenvalue weighted by molar-refractivity contribution is -0.146. The Bertz CT molecular complexity index is 1200. The maximum Gasteiger partial charge on any atom is 0.452 e. The topological polar surface area (TPSA) is 97.1 Å². The second-order valence-corrected chi connectivity index (χ2v) is 8.62. The average Bonchev–Trinajstić information content (AvgIpc) is 3.51. The molecule has 0 spiro atoms. The van der Waals surface area contributed by atoms with Crippen LogP contribution in [0, 0.1) is 6.92 Å². The highest BCUT2D eigenvalue weighted by Gasteiger charge is 2.39. The van der Waals surface area contributed by atoms with Gasteiger partial charge in [-0.05, 0) is 67.1 Å². The van der Waals surface area contributed by atoms with Crippen molar-refractivity contribution in [1.29, 1.82) is 0 Å². The number of halogens is 3. The number of alkyl halides is 3. The van der Waals surface area contributed by atoms with Crippen LogP contribution in [0.5, 0.6) is 0 Å². The summed E-state index contributed by atoms with van der Waals surface area (Å²) in [5.41, 5.74) is 2.39. The number of rotatable bonds is 7. The third kappa shape index (κ3) is 5.19. The maximum atomic E-state index is 13.5.